The van der Waals surface area contributed by atoms with Gasteiger partial charge >= 0.3 is 6.03 Å². The highest BCUT2D eigenvalue weighted by molar-refractivity contribution is 7.09. The lowest BCUT2D eigenvalue weighted by atomic mass is 9.96. The number of amides is 2. The van der Waals surface area contributed by atoms with Crippen LogP contribution in [0.4, 0.5) is 4.79 Å². The minimum absolute atomic E-state index is 0.0335. The van der Waals surface area contributed by atoms with E-state index in [4.69, 9.17) is 0 Å². The third-order valence-corrected chi connectivity index (χ3v) is 4.10. The highest BCUT2D eigenvalue weighted by atomic mass is 32.1. The Morgan fingerprint density at radius 3 is 2.89 bits per heavy atom. The Bertz CT molecular complexity index is 385. The van der Waals surface area contributed by atoms with Crippen LogP contribution in [0.15, 0.2) is 5.38 Å². The number of aromatic nitrogens is 1. The molecule has 0 radical (unpaired) electrons. The summed E-state index contributed by atoms with van der Waals surface area (Å²) in [6.45, 7) is 2.65. The fourth-order valence-electron chi connectivity index (χ4n) is 2.31. The second kappa shape index (κ2) is 6.73. The van der Waals surface area contributed by atoms with Crippen LogP contribution in [0.1, 0.15) is 42.8 Å². The molecule has 5 heteroatoms. The molecule has 1 aromatic heterocycles. The summed E-state index contributed by atoms with van der Waals surface area (Å²) in [5.74, 6) is 0. The summed E-state index contributed by atoms with van der Waals surface area (Å²) in [4.78, 5) is 16.0. The molecule has 1 heterocycles. The van der Waals surface area contributed by atoms with Crippen molar-refractivity contribution in [1.82, 2.24) is 15.6 Å². The molecule has 1 aromatic rings. The van der Waals surface area contributed by atoms with E-state index in [1.54, 1.807) is 11.3 Å². The number of carbonyl (C=O) groups excluding carboxylic acids is 1. The quantitative estimate of drug-likeness (QED) is 0.881. The summed E-state index contributed by atoms with van der Waals surface area (Å²) in [5, 5.41) is 9.08. The first-order valence-electron chi connectivity index (χ1n) is 6.69. The van der Waals surface area contributed by atoms with Crippen molar-refractivity contribution in [3.05, 3.63) is 16.1 Å². The number of hydrogen-bond acceptors (Lipinski definition) is 3. The third kappa shape index (κ3) is 4.29. The van der Waals surface area contributed by atoms with Crippen molar-refractivity contribution < 1.29 is 4.79 Å². The van der Waals surface area contributed by atoms with Gasteiger partial charge in [-0.15, -0.1) is 11.3 Å². The maximum Gasteiger partial charge on any atom is 0.315 e. The molecule has 0 saturated heterocycles. The molecular formula is C13H21N3OS. The lowest BCUT2D eigenvalue weighted by Gasteiger charge is -2.22. The van der Waals surface area contributed by atoms with Crippen molar-refractivity contribution in [3.63, 3.8) is 0 Å². The molecule has 1 aliphatic rings. The number of carbonyl (C=O) groups is 1. The van der Waals surface area contributed by atoms with E-state index in [-0.39, 0.29) is 6.03 Å². The van der Waals surface area contributed by atoms with E-state index < -0.39 is 0 Å². The molecule has 4 nitrogen and oxygen atoms in total. The molecule has 0 spiro atoms. The Balaban J connectivity index is 1.62. The van der Waals surface area contributed by atoms with Crippen LogP contribution in [-0.4, -0.2) is 23.6 Å². The van der Waals surface area contributed by atoms with E-state index in [1.165, 1.54) is 19.3 Å². The van der Waals surface area contributed by atoms with Crippen molar-refractivity contribution in [1.29, 1.82) is 0 Å². The van der Waals surface area contributed by atoms with Crippen molar-refractivity contribution in [2.75, 3.05) is 6.54 Å². The number of hydrogen-bond donors (Lipinski definition) is 2. The largest absolute Gasteiger partial charge is 0.338 e. The predicted molar refractivity (Wildman–Crippen MR) is 74.0 cm³/mol. The molecule has 0 unspecified atom stereocenters. The molecule has 1 aliphatic carbocycles. The summed E-state index contributed by atoms with van der Waals surface area (Å²) in [7, 11) is 0. The van der Waals surface area contributed by atoms with Crippen LogP contribution in [0.5, 0.6) is 0 Å². The van der Waals surface area contributed by atoms with Crippen molar-refractivity contribution in [2.45, 2.75) is 51.5 Å². The van der Waals surface area contributed by atoms with Crippen LogP contribution in [0, 0.1) is 6.92 Å². The average molecular weight is 267 g/mol. The van der Waals surface area contributed by atoms with Gasteiger partial charge in [0, 0.05) is 24.4 Å². The van der Waals surface area contributed by atoms with Crippen molar-refractivity contribution in [2.24, 2.45) is 0 Å². The van der Waals surface area contributed by atoms with E-state index >= 15 is 0 Å². The lowest BCUT2D eigenvalue weighted by molar-refractivity contribution is 0.233. The predicted octanol–water partition coefficient (Wildman–Crippen LogP) is 2.63. The van der Waals surface area contributed by atoms with Crippen LogP contribution in [-0.2, 0) is 6.42 Å². The van der Waals surface area contributed by atoms with Gasteiger partial charge in [0.25, 0.3) is 0 Å². The monoisotopic (exact) mass is 267 g/mol. The molecule has 2 rings (SSSR count). The van der Waals surface area contributed by atoms with E-state index in [0.717, 1.165) is 30.0 Å². The second-order valence-corrected chi connectivity index (χ2v) is 5.91. The summed E-state index contributed by atoms with van der Waals surface area (Å²) >= 11 is 1.65. The molecule has 18 heavy (non-hydrogen) atoms. The van der Waals surface area contributed by atoms with Gasteiger partial charge in [0.2, 0.25) is 0 Å². The molecule has 0 bridgehead atoms. The van der Waals surface area contributed by atoms with Crippen LogP contribution in [0.2, 0.25) is 0 Å². The maximum absolute atomic E-state index is 11.7. The Morgan fingerprint density at radius 2 is 2.22 bits per heavy atom. The van der Waals surface area contributed by atoms with Gasteiger partial charge in [-0.05, 0) is 19.8 Å². The first kappa shape index (κ1) is 13.3. The first-order valence-corrected chi connectivity index (χ1v) is 7.57. The second-order valence-electron chi connectivity index (χ2n) is 4.84. The maximum atomic E-state index is 11.7. The van der Waals surface area contributed by atoms with Crippen molar-refractivity contribution >= 4 is 17.4 Å². The zero-order valence-corrected chi connectivity index (χ0v) is 11.7. The Labute approximate surface area is 112 Å². The van der Waals surface area contributed by atoms with Crippen LogP contribution >= 0.6 is 11.3 Å². The number of rotatable bonds is 4. The van der Waals surface area contributed by atoms with E-state index in [1.807, 2.05) is 6.92 Å². The number of urea groups is 1. The summed E-state index contributed by atoms with van der Waals surface area (Å²) < 4.78 is 0. The normalized spacial score (nSPS) is 16.5. The molecule has 0 aliphatic heterocycles. The smallest absolute Gasteiger partial charge is 0.315 e. The van der Waals surface area contributed by atoms with Crippen LogP contribution in [0.25, 0.3) is 0 Å². The molecule has 100 valence electrons. The van der Waals surface area contributed by atoms with Gasteiger partial charge in [-0.25, -0.2) is 9.78 Å². The van der Waals surface area contributed by atoms with Gasteiger partial charge in [0.15, 0.2) is 0 Å². The van der Waals surface area contributed by atoms with Gasteiger partial charge in [-0.3, -0.25) is 0 Å². The number of nitrogens with zero attached hydrogens (tertiary/aromatic N) is 1. The Morgan fingerprint density at radius 1 is 1.44 bits per heavy atom. The van der Waals surface area contributed by atoms with Gasteiger partial charge < -0.3 is 10.6 Å². The topological polar surface area (TPSA) is 54.0 Å². The summed E-state index contributed by atoms with van der Waals surface area (Å²) in [5.41, 5.74) is 1.07. The molecule has 2 N–H and O–H groups in total. The van der Waals surface area contributed by atoms with Gasteiger partial charge in [0.1, 0.15) is 0 Å². The molecule has 1 saturated carbocycles. The van der Waals surface area contributed by atoms with E-state index in [9.17, 15) is 4.79 Å². The molecule has 2 amide bonds. The molecule has 0 aromatic carbocycles. The number of nitrogens with one attached hydrogen (secondary N) is 2. The Kier molecular flexibility index (Phi) is 4.99. The van der Waals surface area contributed by atoms with Crippen LogP contribution < -0.4 is 10.6 Å². The SMILES string of the molecule is Cc1nc(CCNC(=O)NC2CCCCC2)cs1. The van der Waals surface area contributed by atoms with E-state index in [0.29, 0.717) is 12.6 Å². The van der Waals surface area contributed by atoms with E-state index in [2.05, 4.69) is 21.0 Å². The fraction of sp³-hybridized carbons (Fsp3) is 0.692. The Hall–Kier alpha value is -1.10. The molecule has 0 atom stereocenters. The van der Waals surface area contributed by atoms with Gasteiger partial charge in [-0.1, -0.05) is 19.3 Å². The minimum atomic E-state index is -0.0335. The van der Waals surface area contributed by atoms with Crippen molar-refractivity contribution in [3.8, 4) is 0 Å². The highest BCUT2D eigenvalue weighted by Crippen LogP contribution is 2.17. The number of aryl methyl sites for hydroxylation is 1. The molecule has 1 fully saturated rings. The van der Waals surface area contributed by atoms with Gasteiger partial charge in [0.05, 0.1) is 10.7 Å². The average Bonchev–Trinajstić information content (AvgIpc) is 2.76. The lowest BCUT2D eigenvalue weighted by Crippen LogP contribution is -2.43. The number of thiazole rings is 1. The fourth-order valence-corrected chi connectivity index (χ4v) is 2.96. The zero-order valence-electron chi connectivity index (χ0n) is 10.9. The van der Waals surface area contributed by atoms with Gasteiger partial charge in [-0.2, -0.15) is 0 Å². The standard InChI is InChI=1S/C13H21N3OS/c1-10-15-12(9-18-10)7-8-14-13(17)16-11-5-3-2-4-6-11/h9,11H,2-8H2,1H3,(H2,14,16,17). The highest BCUT2D eigenvalue weighted by Gasteiger charge is 2.15. The summed E-state index contributed by atoms with van der Waals surface area (Å²) in [6.07, 6.45) is 6.84. The first-order chi connectivity index (χ1) is 8.74. The summed E-state index contributed by atoms with van der Waals surface area (Å²) in [6, 6.07) is 0.342. The molecular weight excluding hydrogens is 246 g/mol. The minimum Gasteiger partial charge on any atom is -0.338 e. The zero-order chi connectivity index (χ0) is 12.8. The third-order valence-electron chi connectivity index (χ3n) is 3.27. The van der Waals surface area contributed by atoms with Crippen LogP contribution in [0.3, 0.4) is 0 Å².